The number of hydrogen-bond acceptors (Lipinski definition) is 3. The third kappa shape index (κ3) is 3.15. The first-order valence-electron chi connectivity index (χ1n) is 6.07. The van der Waals surface area contributed by atoms with Crippen molar-refractivity contribution in [3.8, 4) is 0 Å². The number of imidazole rings is 1. The molecule has 1 N–H and O–H groups in total. The SMILES string of the molecule is CNC(C)c1ccc(SCc2nccn2C)cc1. The fraction of sp³-hybridized carbons (Fsp3) is 0.357. The number of nitrogens with one attached hydrogen (secondary N) is 1. The molecule has 0 saturated carbocycles. The number of nitrogens with zero attached hydrogens (tertiary/aromatic N) is 2. The molecule has 0 radical (unpaired) electrons. The van der Waals surface area contributed by atoms with Crippen LogP contribution in [-0.2, 0) is 12.8 Å². The fourth-order valence-corrected chi connectivity index (χ4v) is 2.61. The van der Waals surface area contributed by atoms with Gasteiger partial charge in [0.2, 0.25) is 0 Å². The standard InChI is InChI=1S/C14H19N3S/c1-11(15-2)12-4-6-13(7-5-12)18-10-14-16-8-9-17(14)3/h4-9,11,15H,10H2,1-3H3. The summed E-state index contributed by atoms with van der Waals surface area (Å²) in [5, 5.41) is 3.24. The van der Waals surface area contributed by atoms with Crippen molar-refractivity contribution in [2.24, 2.45) is 7.05 Å². The van der Waals surface area contributed by atoms with Gasteiger partial charge in [0.1, 0.15) is 5.82 Å². The smallest absolute Gasteiger partial charge is 0.118 e. The van der Waals surface area contributed by atoms with Gasteiger partial charge in [-0.25, -0.2) is 4.98 Å². The van der Waals surface area contributed by atoms with E-state index < -0.39 is 0 Å². The highest BCUT2D eigenvalue weighted by molar-refractivity contribution is 7.98. The van der Waals surface area contributed by atoms with Gasteiger partial charge >= 0.3 is 0 Å². The van der Waals surface area contributed by atoms with E-state index in [0.29, 0.717) is 6.04 Å². The summed E-state index contributed by atoms with van der Waals surface area (Å²) in [7, 11) is 4.01. The Morgan fingerprint density at radius 3 is 2.61 bits per heavy atom. The van der Waals surface area contributed by atoms with E-state index in [-0.39, 0.29) is 0 Å². The largest absolute Gasteiger partial charge is 0.337 e. The Balaban J connectivity index is 1.96. The lowest BCUT2D eigenvalue weighted by molar-refractivity contribution is 0.652. The van der Waals surface area contributed by atoms with E-state index in [0.717, 1.165) is 11.6 Å². The van der Waals surface area contributed by atoms with Crippen LogP contribution in [0.2, 0.25) is 0 Å². The predicted molar refractivity (Wildman–Crippen MR) is 76.7 cm³/mol. The number of aromatic nitrogens is 2. The molecule has 0 aliphatic heterocycles. The third-order valence-corrected chi connectivity index (χ3v) is 4.11. The first-order valence-corrected chi connectivity index (χ1v) is 7.05. The van der Waals surface area contributed by atoms with Gasteiger partial charge in [0.05, 0.1) is 5.75 Å². The van der Waals surface area contributed by atoms with Crippen LogP contribution in [0.1, 0.15) is 24.4 Å². The molecule has 3 nitrogen and oxygen atoms in total. The quantitative estimate of drug-likeness (QED) is 0.839. The minimum absolute atomic E-state index is 0.401. The van der Waals surface area contributed by atoms with Crippen LogP contribution in [0.4, 0.5) is 0 Å². The Bertz CT molecular complexity index is 490. The highest BCUT2D eigenvalue weighted by Gasteiger charge is 2.03. The molecule has 2 rings (SSSR count). The van der Waals surface area contributed by atoms with Crippen LogP contribution in [0.5, 0.6) is 0 Å². The van der Waals surface area contributed by atoms with Crippen LogP contribution in [0.3, 0.4) is 0 Å². The monoisotopic (exact) mass is 261 g/mol. The van der Waals surface area contributed by atoms with Crippen molar-refractivity contribution in [2.45, 2.75) is 23.6 Å². The predicted octanol–water partition coefficient (Wildman–Crippen LogP) is 2.99. The molecule has 96 valence electrons. The molecule has 0 amide bonds. The number of hydrogen-bond donors (Lipinski definition) is 1. The molecule has 1 aromatic heterocycles. The van der Waals surface area contributed by atoms with E-state index in [2.05, 4.69) is 46.1 Å². The fourth-order valence-electron chi connectivity index (χ4n) is 1.70. The second-order valence-corrected chi connectivity index (χ2v) is 5.37. The summed E-state index contributed by atoms with van der Waals surface area (Å²) in [5.74, 6) is 2.01. The maximum absolute atomic E-state index is 4.32. The lowest BCUT2D eigenvalue weighted by Crippen LogP contribution is -2.11. The Hall–Kier alpha value is -1.26. The minimum atomic E-state index is 0.401. The molecular weight excluding hydrogens is 242 g/mol. The maximum atomic E-state index is 4.32. The number of aryl methyl sites for hydroxylation is 1. The van der Waals surface area contributed by atoms with Crippen molar-refractivity contribution in [3.63, 3.8) is 0 Å². The molecule has 0 aliphatic rings. The second-order valence-electron chi connectivity index (χ2n) is 4.32. The molecule has 0 aliphatic carbocycles. The molecule has 0 saturated heterocycles. The topological polar surface area (TPSA) is 29.9 Å². The van der Waals surface area contributed by atoms with E-state index >= 15 is 0 Å². The van der Waals surface area contributed by atoms with Gasteiger partial charge in [-0.05, 0) is 31.7 Å². The molecule has 4 heteroatoms. The van der Waals surface area contributed by atoms with E-state index in [1.54, 1.807) is 0 Å². The first kappa shape index (κ1) is 13.2. The molecule has 0 bridgehead atoms. The first-order chi connectivity index (χ1) is 8.70. The summed E-state index contributed by atoms with van der Waals surface area (Å²) < 4.78 is 2.06. The Morgan fingerprint density at radius 2 is 2.06 bits per heavy atom. The average Bonchev–Trinajstić information content (AvgIpc) is 2.81. The molecule has 2 aromatic rings. The summed E-state index contributed by atoms with van der Waals surface area (Å²) in [6.45, 7) is 2.16. The van der Waals surface area contributed by atoms with Gasteiger partial charge in [-0.1, -0.05) is 12.1 Å². The number of benzene rings is 1. The maximum Gasteiger partial charge on any atom is 0.118 e. The summed E-state index contributed by atoms with van der Waals surface area (Å²) in [5.41, 5.74) is 1.32. The average molecular weight is 261 g/mol. The molecule has 18 heavy (non-hydrogen) atoms. The highest BCUT2D eigenvalue weighted by atomic mass is 32.2. The van der Waals surface area contributed by atoms with Crippen LogP contribution >= 0.6 is 11.8 Å². The summed E-state index contributed by atoms with van der Waals surface area (Å²) in [4.78, 5) is 5.60. The van der Waals surface area contributed by atoms with Crippen LogP contribution in [-0.4, -0.2) is 16.6 Å². The van der Waals surface area contributed by atoms with Crippen molar-refractivity contribution in [3.05, 3.63) is 48.0 Å². The molecule has 1 aromatic carbocycles. The van der Waals surface area contributed by atoms with Crippen molar-refractivity contribution in [2.75, 3.05) is 7.05 Å². The van der Waals surface area contributed by atoms with Crippen molar-refractivity contribution >= 4 is 11.8 Å². The van der Waals surface area contributed by atoms with Gasteiger partial charge < -0.3 is 9.88 Å². The Labute approximate surface area is 113 Å². The number of thioether (sulfide) groups is 1. The van der Waals surface area contributed by atoms with Gasteiger partial charge in [-0.2, -0.15) is 0 Å². The lowest BCUT2D eigenvalue weighted by Gasteiger charge is -2.10. The summed E-state index contributed by atoms with van der Waals surface area (Å²) in [6, 6.07) is 9.12. The van der Waals surface area contributed by atoms with E-state index in [1.807, 2.05) is 38.3 Å². The van der Waals surface area contributed by atoms with Gasteiger partial charge in [-0.15, -0.1) is 11.8 Å². The molecular formula is C14H19N3S. The van der Waals surface area contributed by atoms with Crippen LogP contribution in [0.15, 0.2) is 41.6 Å². The molecule has 1 atom stereocenters. The van der Waals surface area contributed by atoms with Crippen LogP contribution in [0, 0.1) is 0 Å². The van der Waals surface area contributed by atoms with Gasteiger partial charge in [-0.3, -0.25) is 0 Å². The van der Waals surface area contributed by atoms with Crippen LogP contribution < -0.4 is 5.32 Å². The van der Waals surface area contributed by atoms with Crippen molar-refractivity contribution < 1.29 is 0 Å². The molecule has 1 heterocycles. The van der Waals surface area contributed by atoms with Crippen molar-refractivity contribution in [1.82, 2.24) is 14.9 Å². The zero-order chi connectivity index (χ0) is 13.0. The summed E-state index contributed by atoms with van der Waals surface area (Å²) >= 11 is 1.82. The van der Waals surface area contributed by atoms with Crippen molar-refractivity contribution in [1.29, 1.82) is 0 Å². The van der Waals surface area contributed by atoms with Gasteiger partial charge in [0.25, 0.3) is 0 Å². The normalized spacial score (nSPS) is 12.6. The number of rotatable bonds is 5. The van der Waals surface area contributed by atoms with E-state index in [1.165, 1.54) is 10.5 Å². The van der Waals surface area contributed by atoms with E-state index in [4.69, 9.17) is 0 Å². The van der Waals surface area contributed by atoms with E-state index in [9.17, 15) is 0 Å². The zero-order valence-electron chi connectivity index (χ0n) is 11.1. The Morgan fingerprint density at radius 1 is 1.33 bits per heavy atom. The minimum Gasteiger partial charge on any atom is -0.337 e. The molecule has 1 unspecified atom stereocenters. The zero-order valence-corrected chi connectivity index (χ0v) is 11.9. The molecule has 0 spiro atoms. The summed E-state index contributed by atoms with van der Waals surface area (Å²) in [6.07, 6.45) is 3.82. The molecule has 0 fully saturated rings. The third-order valence-electron chi connectivity index (χ3n) is 3.10. The van der Waals surface area contributed by atoms with Gasteiger partial charge in [0, 0.05) is 30.4 Å². The highest BCUT2D eigenvalue weighted by Crippen LogP contribution is 2.23. The lowest BCUT2D eigenvalue weighted by atomic mass is 10.1. The second kappa shape index (κ2) is 6.07. The van der Waals surface area contributed by atoms with Gasteiger partial charge in [0.15, 0.2) is 0 Å². The van der Waals surface area contributed by atoms with Crippen LogP contribution in [0.25, 0.3) is 0 Å². The Kier molecular flexibility index (Phi) is 4.44.